The van der Waals surface area contributed by atoms with Crippen LogP contribution in [0.4, 0.5) is 0 Å². The van der Waals surface area contributed by atoms with Crippen LogP contribution in [-0.2, 0) is 4.79 Å². The van der Waals surface area contributed by atoms with Gasteiger partial charge in [-0.2, -0.15) is 0 Å². The van der Waals surface area contributed by atoms with E-state index in [4.69, 9.17) is 0 Å². The molecule has 0 aliphatic carbocycles. The summed E-state index contributed by atoms with van der Waals surface area (Å²) >= 11 is 0. The number of carbonyl (C=O) groups is 1. The topological polar surface area (TPSA) is 41.1 Å². The Morgan fingerprint density at radius 3 is 2.08 bits per heavy atom. The lowest BCUT2D eigenvalue weighted by Crippen LogP contribution is -2.46. The van der Waals surface area contributed by atoms with Crippen molar-refractivity contribution in [3.63, 3.8) is 0 Å². The Labute approximate surface area is 163 Å². The lowest BCUT2D eigenvalue weighted by atomic mass is 9.85. The van der Waals surface area contributed by atoms with E-state index < -0.39 is 0 Å². The smallest absolute Gasteiger partial charge is 0.223 e. The van der Waals surface area contributed by atoms with Crippen LogP contribution in [0.2, 0.25) is 0 Å². The second kappa shape index (κ2) is 9.75. The fourth-order valence-electron chi connectivity index (χ4n) is 3.89. The van der Waals surface area contributed by atoms with Gasteiger partial charge in [0.1, 0.15) is 0 Å². The summed E-state index contributed by atoms with van der Waals surface area (Å²) in [7, 11) is 0. The van der Waals surface area contributed by atoms with Crippen LogP contribution in [0.25, 0.3) is 0 Å². The largest absolute Gasteiger partial charge is 0.352 e. The molecule has 0 bridgehead atoms. The molecule has 3 nitrogen and oxygen atoms in total. The molecule has 0 saturated carbocycles. The summed E-state index contributed by atoms with van der Waals surface area (Å²) in [5.74, 6) is 0.467. The lowest BCUT2D eigenvalue weighted by molar-refractivity contribution is -0.126. The van der Waals surface area contributed by atoms with Gasteiger partial charge in [-0.05, 0) is 44.4 Å². The molecule has 2 aromatic carbocycles. The summed E-state index contributed by atoms with van der Waals surface area (Å²) in [6.07, 6.45) is 1.84. The summed E-state index contributed by atoms with van der Waals surface area (Å²) in [5, 5.41) is 6.72. The molecule has 1 unspecified atom stereocenters. The fourth-order valence-corrected chi connectivity index (χ4v) is 3.89. The molecular formula is C22H29ClN2O. The quantitative estimate of drug-likeness (QED) is 0.828. The van der Waals surface area contributed by atoms with Crippen molar-refractivity contribution < 1.29 is 4.79 Å². The third kappa shape index (κ3) is 5.09. The number of nitrogens with one attached hydrogen (secondary N) is 2. The van der Waals surface area contributed by atoms with E-state index in [0.717, 1.165) is 19.4 Å². The first-order valence-electron chi connectivity index (χ1n) is 9.29. The third-order valence-corrected chi connectivity index (χ3v) is 5.18. The number of piperidine rings is 1. The van der Waals surface area contributed by atoms with Crippen LogP contribution in [-0.4, -0.2) is 24.5 Å². The van der Waals surface area contributed by atoms with E-state index in [0.29, 0.717) is 6.04 Å². The summed E-state index contributed by atoms with van der Waals surface area (Å²) in [5.41, 5.74) is 2.47. The van der Waals surface area contributed by atoms with Crippen molar-refractivity contribution in [2.45, 2.75) is 44.7 Å². The van der Waals surface area contributed by atoms with Crippen LogP contribution >= 0.6 is 12.4 Å². The molecular weight excluding hydrogens is 344 g/mol. The highest BCUT2D eigenvalue weighted by atomic mass is 35.5. The predicted molar refractivity (Wildman–Crippen MR) is 110 cm³/mol. The molecule has 1 aliphatic rings. The number of rotatable bonds is 5. The molecule has 1 amide bonds. The molecule has 3 atom stereocenters. The van der Waals surface area contributed by atoms with Gasteiger partial charge in [-0.1, -0.05) is 60.7 Å². The number of hydrogen-bond acceptors (Lipinski definition) is 2. The molecule has 26 heavy (non-hydrogen) atoms. The van der Waals surface area contributed by atoms with Crippen LogP contribution in [0.3, 0.4) is 0 Å². The van der Waals surface area contributed by atoms with Gasteiger partial charge in [-0.25, -0.2) is 0 Å². The highest BCUT2D eigenvalue weighted by molar-refractivity contribution is 5.85. The molecule has 0 radical (unpaired) electrons. The number of hydrogen-bond donors (Lipinski definition) is 2. The molecule has 1 saturated heterocycles. The summed E-state index contributed by atoms with van der Waals surface area (Å²) in [4.78, 5) is 12.8. The second-order valence-corrected chi connectivity index (χ2v) is 7.17. The average molecular weight is 373 g/mol. The Morgan fingerprint density at radius 1 is 1.04 bits per heavy atom. The Kier molecular flexibility index (Phi) is 7.67. The summed E-state index contributed by atoms with van der Waals surface area (Å²) in [6.45, 7) is 5.20. The van der Waals surface area contributed by atoms with Crippen LogP contribution in [0.15, 0.2) is 60.7 Å². The zero-order valence-corrected chi connectivity index (χ0v) is 16.3. The zero-order chi connectivity index (χ0) is 17.6. The van der Waals surface area contributed by atoms with Gasteiger partial charge in [0.05, 0.1) is 0 Å². The molecule has 4 heteroatoms. The van der Waals surface area contributed by atoms with E-state index in [1.807, 2.05) is 12.1 Å². The number of carbonyl (C=O) groups excluding carboxylic acids is 1. The number of benzene rings is 2. The van der Waals surface area contributed by atoms with Gasteiger partial charge in [0.15, 0.2) is 0 Å². The molecule has 0 spiro atoms. The summed E-state index contributed by atoms with van der Waals surface area (Å²) in [6, 6.07) is 21.4. The van der Waals surface area contributed by atoms with Crippen LogP contribution in [0.5, 0.6) is 0 Å². The highest BCUT2D eigenvalue weighted by Gasteiger charge is 2.28. The van der Waals surface area contributed by atoms with Crippen molar-refractivity contribution in [3.8, 4) is 0 Å². The van der Waals surface area contributed by atoms with E-state index in [-0.39, 0.29) is 36.2 Å². The van der Waals surface area contributed by atoms with Crippen LogP contribution in [0.1, 0.15) is 43.7 Å². The van der Waals surface area contributed by atoms with Crippen molar-refractivity contribution in [3.05, 3.63) is 71.8 Å². The standard InChI is InChI=1S/C22H28N2O.ClH/c1-16-15-20(13-14-23-16)22(25)24-17(2)21(18-9-5-3-6-10-18)19-11-7-4-8-12-19;/h3-12,16-17,20-21,23H,13-15H2,1-2H3,(H,24,25);1H/t16-,17?,20-;/m0./s1. The second-order valence-electron chi connectivity index (χ2n) is 7.17. The monoisotopic (exact) mass is 372 g/mol. The van der Waals surface area contributed by atoms with Gasteiger partial charge in [0, 0.05) is 23.9 Å². The molecule has 3 rings (SSSR count). The first kappa shape index (κ1) is 20.5. The molecule has 140 valence electrons. The fraction of sp³-hybridized carbons (Fsp3) is 0.409. The first-order chi connectivity index (χ1) is 12.1. The minimum absolute atomic E-state index is 0. The maximum atomic E-state index is 12.8. The van der Waals surface area contributed by atoms with Crippen molar-refractivity contribution in [2.75, 3.05) is 6.54 Å². The third-order valence-electron chi connectivity index (χ3n) is 5.18. The van der Waals surface area contributed by atoms with E-state index in [1.165, 1.54) is 11.1 Å². The SMILES string of the molecule is CC(NC(=O)[C@H]1CCN[C@@H](C)C1)C(c1ccccc1)c1ccccc1.Cl. The minimum atomic E-state index is 0. The van der Waals surface area contributed by atoms with Crippen molar-refractivity contribution in [2.24, 2.45) is 5.92 Å². The Morgan fingerprint density at radius 2 is 1.58 bits per heavy atom. The van der Waals surface area contributed by atoms with Gasteiger partial charge in [0.25, 0.3) is 0 Å². The highest BCUT2D eigenvalue weighted by Crippen LogP contribution is 2.28. The van der Waals surface area contributed by atoms with Crippen molar-refractivity contribution >= 4 is 18.3 Å². The average Bonchev–Trinajstić information content (AvgIpc) is 2.63. The first-order valence-corrected chi connectivity index (χ1v) is 9.29. The molecule has 1 fully saturated rings. The molecule has 2 N–H and O–H groups in total. The minimum Gasteiger partial charge on any atom is -0.352 e. The molecule has 0 aromatic heterocycles. The zero-order valence-electron chi connectivity index (χ0n) is 15.5. The van der Waals surface area contributed by atoms with Crippen LogP contribution < -0.4 is 10.6 Å². The van der Waals surface area contributed by atoms with Gasteiger partial charge < -0.3 is 10.6 Å². The van der Waals surface area contributed by atoms with Crippen LogP contribution in [0, 0.1) is 5.92 Å². The van der Waals surface area contributed by atoms with E-state index in [9.17, 15) is 4.79 Å². The Bertz CT molecular complexity index is 638. The van der Waals surface area contributed by atoms with Crippen molar-refractivity contribution in [1.29, 1.82) is 0 Å². The Balaban J connectivity index is 0.00000243. The van der Waals surface area contributed by atoms with E-state index in [2.05, 4.69) is 73.0 Å². The maximum Gasteiger partial charge on any atom is 0.223 e. The molecule has 1 aliphatic heterocycles. The van der Waals surface area contributed by atoms with Gasteiger partial charge in [0.2, 0.25) is 5.91 Å². The summed E-state index contributed by atoms with van der Waals surface area (Å²) < 4.78 is 0. The van der Waals surface area contributed by atoms with E-state index in [1.54, 1.807) is 0 Å². The molecule has 2 aromatic rings. The normalized spacial score (nSPS) is 20.9. The number of amides is 1. The van der Waals surface area contributed by atoms with E-state index >= 15 is 0 Å². The number of halogens is 1. The van der Waals surface area contributed by atoms with Gasteiger partial charge in [-0.3, -0.25) is 4.79 Å². The lowest BCUT2D eigenvalue weighted by Gasteiger charge is -2.31. The molecule has 1 heterocycles. The maximum absolute atomic E-state index is 12.8. The Hall–Kier alpha value is -1.84. The predicted octanol–water partition coefficient (Wildman–Crippen LogP) is 4.13. The van der Waals surface area contributed by atoms with Gasteiger partial charge >= 0.3 is 0 Å². The van der Waals surface area contributed by atoms with Crippen molar-refractivity contribution in [1.82, 2.24) is 10.6 Å². The van der Waals surface area contributed by atoms with Gasteiger partial charge in [-0.15, -0.1) is 12.4 Å².